The van der Waals surface area contributed by atoms with E-state index in [1.165, 1.54) is 27.8 Å². The van der Waals surface area contributed by atoms with E-state index in [9.17, 15) is 0 Å². The number of hydrogen-bond donors (Lipinski definition) is 0. The fourth-order valence-corrected chi connectivity index (χ4v) is 2.80. The van der Waals surface area contributed by atoms with Gasteiger partial charge in [-0.2, -0.15) is 0 Å². The minimum absolute atomic E-state index is 0.436. The van der Waals surface area contributed by atoms with E-state index in [0.29, 0.717) is 5.92 Å². The predicted octanol–water partition coefficient (Wildman–Crippen LogP) is 4.19. The number of benzene rings is 2. The molecule has 1 nitrogen and oxygen atoms in total. The van der Waals surface area contributed by atoms with Gasteiger partial charge in [-0.05, 0) is 22.3 Å². The molecule has 0 unspecified atom stereocenters. The van der Waals surface area contributed by atoms with Crippen LogP contribution in [0.1, 0.15) is 35.1 Å². The van der Waals surface area contributed by atoms with Gasteiger partial charge in [-0.25, -0.2) is 0 Å². The molecule has 0 radical (unpaired) electrons. The van der Waals surface area contributed by atoms with Crippen LogP contribution in [-0.2, 0) is 4.74 Å². The number of ether oxygens (including phenoxy) is 1. The molecule has 3 rings (SSSR count). The Balaban J connectivity index is 2.30. The average molecular weight is 236 g/mol. The van der Waals surface area contributed by atoms with E-state index < -0.39 is 0 Å². The van der Waals surface area contributed by atoms with Gasteiger partial charge in [0.1, 0.15) is 0 Å². The second-order valence-corrected chi connectivity index (χ2v) is 4.66. The second kappa shape index (κ2) is 4.34. The Morgan fingerprint density at radius 2 is 1.39 bits per heavy atom. The summed E-state index contributed by atoms with van der Waals surface area (Å²) >= 11 is 0. The Kier molecular flexibility index (Phi) is 2.67. The van der Waals surface area contributed by atoms with Crippen LogP contribution in [0.25, 0.3) is 5.57 Å². The molecule has 2 aromatic rings. The predicted molar refractivity (Wildman–Crippen MR) is 74.5 cm³/mol. The van der Waals surface area contributed by atoms with Gasteiger partial charge in [-0.15, -0.1) is 0 Å². The van der Waals surface area contributed by atoms with Crippen molar-refractivity contribution in [2.75, 3.05) is 7.11 Å². The third-order valence-corrected chi connectivity index (χ3v) is 3.67. The third-order valence-electron chi connectivity index (χ3n) is 3.67. The smallest absolute Gasteiger partial charge is 0.0909 e. The van der Waals surface area contributed by atoms with Gasteiger partial charge in [0.15, 0.2) is 0 Å². The van der Waals surface area contributed by atoms with E-state index in [4.69, 9.17) is 4.74 Å². The van der Waals surface area contributed by atoms with E-state index in [2.05, 4.69) is 55.5 Å². The first kappa shape index (κ1) is 11.1. The summed E-state index contributed by atoms with van der Waals surface area (Å²) in [4.78, 5) is 0. The van der Waals surface area contributed by atoms with Gasteiger partial charge >= 0.3 is 0 Å². The van der Waals surface area contributed by atoms with Crippen molar-refractivity contribution in [2.45, 2.75) is 12.8 Å². The highest BCUT2D eigenvalue weighted by Gasteiger charge is 2.25. The molecule has 0 fully saturated rings. The minimum Gasteiger partial charge on any atom is -0.504 e. The summed E-state index contributed by atoms with van der Waals surface area (Å²) in [5.41, 5.74) is 6.50. The Labute approximate surface area is 108 Å². The number of methoxy groups -OCH3 is 1. The number of rotatable bonds is 1. The van der Waals surface area contributed by atoms with E-state index >= 15 is 0 Å². The van der Waals surface area contributed by atoms with E-state index in [0.717, 1.165) is 0 Å². The van der Waals surface area contributed by atoms with Crippen molar-refractivity contribution >= 4 is 5.57 Å². The lowest BCUT2D eigenvalue weighted by Crippen LogP contribution is -2.10. The summed E-state index contributed by atoms with van der Waals surface area (Å²) in [6.07, 6.45) is 1.85. The van der Waals surface area contributed by atoms with Crippen LogP contribution in [0.5, 0.6) is 0 Å². The molecular weight excluding hydrogens is 220 g/mol. The van der Waals surface area contributed by atoms with Crippen LogP contribution in [0, 0.1) is 0 Å². The van der Waals surface area contributed by atoms with Crippen LogP contribution >= 0.6 is 0 Å². The maximum Gasteiger partial charge on any atom is 0.0909 e. The summed E-state index contributed by atoms with van der Waals surface area (Å²) in [5, 5.41) is 0. The lowest BCUT2D eigenvalue weighted by atomic mass is 9.77. The molecule has 0 atom stereocenters. The Morgan fingerprint density at radius 3 is 1.89 bits per heavy atom. The molecule has 0 saturated carbocycles. The van der Waals surface area contributed by atoms with Crippen molar-refractivity contribution < 1.29 is 4.74 Å². The van der Waals surface area contributed by atoms with E-state index in [1.54, 1.807) is 7.11 Å². The molecule has 1 aliphatic rings. The largest absolute Gasteiger partial charge is 0.504 e. The zero-order valence-corrected chi connectivity index (χ0v) is 10.7. The first-order chi connectivity index (χ1) is 8.83. The molecular formula is C17H16O. The van der Waals surface area contributed by atoms with Crippen LogP contribution < -0.4 is 0 Å². The van der Waals surface area contributed by atoms with Gasteiger partial charge in [0, 0.05) is 11.5 Å². The van der Waals surface area contributed by atoms with Gasteiger partial charge in [0.2, 0.25) is 0 Å². The van der Waals surface area contributed by atoms with E-state index in [1.807, 2.05) is 6.26 Å². The highest BCUT2D eigenvalue weighted by Crippen LogP contribution is 2.42. The maximum atomic E-state index is 5.27. The van der Waals surface area contributed by atoms with Crippen LogP contribution in [0.4, 0.5) is 0 Å². The lowest BCUT2D eigenvalue weighted by Gasteiger charge is -2.27. The SMILES string of the molecule is COC=C1c2ccccc2C(C)c2ccccc21. The van der Waals surface area contributed by atoms with Gasteiger partial charge in [0.05, 0.1) is 13.4 Å². The van der Waals surface area contributed by atoms with Gasteiger partial charge in [0.25, 0.3) is 0 Å². The second-order valence-electron chi connectivity index (χ2n) is 4.66. The standard InChI is InChI=1S/C17H16O/c1-12-13-7-3-5-9-15(13)17(11-18-2)16-10-6-4-8-14(12)16/h3-12H,1-2H3. The van der Waals surface area contributed by atoms with Gasteiger partial charge in [-0.1, -0.05) is 55.5 Å². The average Bonchev–Trinajstić information content (AvgIpc) is 2.43. The molecule has 0 aliphatic heterocycles. The van der Waals surface area contributed by atoms with Gasteiger partial charge in [-0.3, -0.25) is 0 Å². The first-order valence-electron chi connectivity index (χ1n) is 6.24. The van der Waals surface area contributed by atoms with Crippen LogP contribution in [0.15, 0.2) is 54.8 Å². The van der Waals surface area contributed by atoms with Crippen LogP contribution in [0.2, 0.25) is 0 Å². The molecule has 1 heteroatoms. The number of hydrogen-bond acceptors (Lipinski definition) is 1. The first-order valence-corrected chi connectivity index (χ1v) is 6.24. The summed E-state index contributed by atoms with van der Waals surface area (Å²) in [6.45, 7) is 2.27. The Bertz CT molecular complexity index is 561. The molecule has 0 saturated heterocycles. The summed E-state index contributed by atoms with van der Waals surface area (Å²) < 4.78 is 5.27. The molecule has 2 aromatic carbocycles. The molecule has 0 bridgehead atoms. The van der Waals surface area contributed by atoms with E-state index in [-0.39, 0.29) is 0 Å². The van der Waals surface area contributed by atoms with Crippen molar-refractivity contribution in [3.63, 3.8) is 0 Å². The zero-order chi connectivity index (χ0) is 12.5. The van der Waals surface area contributed by atoms with Crippen molar-refractivity contribution in [1.29, 1.82) is 0 Å². The summed E-state index contributed by atoms with van der Waals surface area (Å²) in [7, 11) is 1.70. The van der Waals surface area contributed by atoms with Crippen LogP contribution in [-0.4, -0.2) is 7.11 Å². The molecule has 0 aromatic heterocycles. The quantitative estimate of drug-likeness (QED) is 0.675. The monoisotopic (exact) mass is 236 g/mol. The fraction of sp³-hybridized carbons (Fsp3) is 0.176. The highest BCUT2D eigenvalue weighted by atomic mass is 16.5. The molecule has 0 amide bonds. The third kappa shape index (κ3) is 1.55. The maximum absolute atomic E-state index is 5.27. The summed E-state index contributed by atoms with van der Waals surface area (Å²) in [5.74, 6) is 0.436. The van der Waals surface area contributed by atoms with Crippen molar-refractivity contribution in [1.82, 2.24) is 0 Å². The summed E-state index contributed by atoms with van der Waals surface area (Å²) in [6, 6.07) is 17.1. The topological polar surface area (TPSA) is 9.23 Å². The van der Waals surface area contributed by atoms with Gasteiger partial charge < -0.3 is 4.74 Å². The van der Waals surface area contributed by atoms with Crippen LogP contribution in [0.3, 0.4) is 0 Å². The molecule has 90 valence electrons. The molecule has 18 heavy (non-hydrogen) atoms. The molecule has 0 spiro atoms. The Morgan fingerprint density at radius 1 is 0.889 bits per heavy atom. The highest BCUT2D eigenvalue weighted by molar-refractivity contribution is 5.86. The lowest BCUT2D eigenvalue weighted by molar-refractivity contribution is 0.339. The molecule has 0 N–H and O–H groups in total. The van der Waals surface area contributed by atoms with Crippen molar-refractivity contribution in [2.24, 2.45) is 0 Å². The number of fused-ring (bicyclic) bond motifs is 2. The fourth-order valence-electron chi connectivity index (χ4n) is 2.80. The normalized spacial score (nSPS) is 16.8. The molecule has 0 heterocycles. The minimum atomic E-state index is 0.436. The zero-order valence-electron chi connectivity index (χ0n) is 10.7. The molecule has 1 aliphatic carbocycles. The van der Waals surface area contributed by atoms with Crippen molar-refractivity contribution in [3.8, 4) is 0 Å². The Hall–Kier alpha value is -2.02. The van der Waals surface area contributed by atoms with Crippen molar-refractivity contribution in [3.05, 3.63) is 77.0 Å².